The molecule has 0 aromatic rings. The monoisotopic (exact) mass is 632 g/mol. The molecule has 16 nitrogen and oxygen atoms in total. The van der Waals surface area contributed by atoms with Crippen LogP contribution < -0.4 is 33.3 Å². The topological polar surface area (TPSA) is 321 Å². The van der Waals surface area contributed by atoms with E-state index in [1.165, 1.54) is 0 Å². The molecule has 0 amide bonds. The van der Waals surface area contributed by atoms with Crippen LogP contribution in [-0.4, -0.2) is 275 Å². The van der Waals surface area contributed by atoms with Crippen LogP contribution in [0, 0.1) is 0 Å². The third-order valence-corrected chi connectivity index (χ3v) is 0. The van der Waals surface area contributed by atoms with Gasteiger partial charge in [0.05, 0.1) is 0 Å². The molecule has 0 aliphatic heterocycles. The minimum absolute atomic E-state index is 0. The zero-order valence-electron chi connectivity index (χ0n) is 14.0. The van der Waals surface area contributed by atoms with Crippen molar-refractivity contribution in [3.63, 3.8) is 0 Å². The van der Waals surface area contributed by atoms with Crippen LogP contribution in [0.4, 0.5) is 0 Å². The summed E-state index contributed by atoms with van der Waals surface area (Å²) in [6.07, 6.45) is 0. The molecule has 0 bridgehead atoms. The van der Waals surface area contributed by atoms with E-state index in [4.69, 9.17) is 63.7 Å². The molecule has 0 rings (SSSR count). The van der Waals surface area contributed by atoms with E-state index >= 15 is 0 Å². The fourth-order valence-electron chi connectivity index (χ4n) is 0. The van der Waals surface area contributed by atoms with Crippen LogP contribution >= 0.6 is 0 Å². The summed E-state index contributed by atoms with van der Waals surface area (Å²) in [5.74, 6) is 0. The van der Waals surface area contributed by atoms with E-state index in [0.29, 0.717) is 0 Å². The summed E-state index contributed by atoms with van der Waals surface area (Å²) in [6.45, 7) is 0. The van der Waals surface area contributed by atoms with E-state index in [1.54, 1.807) is 0 Å². The van der Waals surface area contributed by atoms with Crippen molar-refractivity contribution in [2.45, 2.75) is 0 Å². The standard InChI is InChI=1S/8Al.4Ca.16O/q;;;;;;;;4*+2;;;;;;;;;8*-1. The third-order valence-electron chi connectivity index (χ3n) is 0. The molecule has 28 heteroatoms. The Morgan fingerprint density at radius 2 is 0.250 bits per heavy atom. The fraction of sp³-hybridized carbons (Fsp3) is 0. The molecule has 0 atom stereocenters. The molecular formula is Al8Ca4O16. The fourth-order valence-corrected chi connectivity index (χ4v) is 0. The van der Waals surface area contributed by atoms with Crippen molar-refractivity contribution in [1.82, 2.24) is 0 Å². The molecule has 0 heterocycles. The molecule has 0 unspecified atom stereocenters. The van der Waals surface area contributed by atoms with Crippen LogP contribution in [0.25, 0.3) is 0 Å². The molecule has 128 valence electrons. The quantitative estimate of drug-likeness (QED) is 0.224. The molecule has 0 spiro atoms. The van der Waals surface area contributed by atoms with Crippen LogP contribution in [0.15, 0.2) is 0 Å². The predicted octanol–water partition coefficient (Wildman–Crippen LogP) is -15.0. The van der Waals surface area contributed by atoms with Crippen molar-refractivity contribution in [3.8, 4) is 0 Å². The van der Waals surface area contributed by atoms with Crippen molar-refractivity contribution < 1.29 is 63.7 Å². The maximum absolute atomic E-state index is 8.46. The molecule has 0 N–H and O–H groups in total. The molecule has 0 fully saturated rings. The first-order valence-electron chi connectivity index (χ1n) is 3.77. The SMILES string of the molecule is [Ca+2].[Ca+2].[Ca+2].[Ca+2].[O]=[Al][O-].[O]=[Al][O-].[O]=[Al][O-].[O]=[Al][O-].[O]=[Al][O-].[O]=[Al][O-].[O]=[Al][O-].[O]=[Al][O-]. The molecule has 0 aromatic heterocycles. The zero-order valence-corrected chi connectivity index (χ0v) is 32.1. The Morgan fingerprint density at radius 1 is 0.250 bits per heavy atom. The van der Waals surface area contributed by atoms with E-state index in [-0.39, 0.29) is 151 Å². The third kappa shape index (κ3) is 835. The average molecular weight is 632 g/mol. The van der Waals surface area contributed by atoms with Gasteiger partial charge in [-0.2, -0.15) is 0 Å². The second-order valence-corrected chi connectivity index (χ2v) is 2.31. The molecular weight excluding hydrogens is 632 g/mol. The first-order valence-corrected chi connectivity index (χ1v) is 11.3. The van der Waals surface area contributed by atoms with Crippen LogP contribution in [-0.2, 0) is 30.4 Å². The Morgan fingerprint density at radius 3 is 0.250 bits per heavy atom. The Balaban J connectivity index is -0.0000000102. The number of hydrogen-bond donors (Lipinski definition) is 0. The van der Waals surface area contributed by atoms with Crippen LogP contribution in [0.3, 0.4) is 0 Å². The molecule has 28 heavy (non-hydrogen) atoms. The van der Waals surface area contributed by atoms with Gasteiger partial charge in [-0.3, -0.25) is 0 Å². The van der Waals surface area contributed by atoms with Gasteiger partial charge in [-0.15, -0.1) is 0 Å². The Labute approximate surface area is 330 Å². The first kappa shape index (κ1) is 76.5. The number of rotatable bonds is 0. The van der Waals surface area contributed by atoms with E-state index in [9.17, 15) is 0 Å². The van der Waals surface area contributed by atoms with E-state index in [1.807, 2.05) is 0 Å². The summed E-state index contributed by atoms with van der Waals surface area (Å²) < 4.78 is 135. The van der Waals surface area contributed by atoms with Gasteiger partial charge < -0.3 is 0 Å². The van der Waals surface area contributed by atoms with Gasteiger partial charge in [0.15, 0.2) is 0 Å². The second kappa shape index (κ2) is 172. The summed E-state index contributed by atoms with van der Waals surface area (Å²) in [5, 5.41) is 0. The summed E-state index contributed by atoms with van der Waals surface area (Å²) in [7, 11) is 0. The van der Waals surface area contributed by atoms with Crippen molar-refractivity contribution in [2.24, 2.45) is 0 Å². The molecule has 0 aliphatic carbocycles. The van der Waals surface area contributed by atoms with Gasteiger partial charge in [-0.05, 0) is 0 Å². The number of hydrogen-bond acceptors (Lipinski definition) is 16. The molecule has 0 saturated carbocycles. The summed E-state index contributed by atoms with van der Waals surface area (Å²) >= 11 is -14.0. The first-order chi connectivity index (χ1) is 11.3. The molecule has 0 aromatic carbocycles. The van der Waals surface area contributed by atoms with Gasteiger partial charge in [0.2, 0.25) is 0 Å². The van der Waals surface area contributed by atoms with Gasteiger partial charge in [0, 0.05) is 0 Å². The van der Waals surface area contributed by atoms with Gasteiger partial charge in [-0.1, -0.05) is 0 Å². The van der Waals surface area contributed by atoms with Crippen molar-refractivity contribution >= 4 is 275 Å². The Bertz CT molecular complexity index is 171. The summed E-state index contributed by atoms with van der Waals surface area (Å²) in [6, 6.07) is 0. The van der Waals surface area contributed by atoms with Gasteiger partial charge in [-0.25, -0.2) is 0 Å². The van der Waals surface area contributed by atoms with Crippen molar-refractivity contribution in [2.75, 3.05) is 0 Å². The minimum atomic E-state index is -1.75. The van der Waals surface area contributed by atoms with Crippen LogP contribution in [0.5, 0.6) is 0 Å². The summed E-state index contributed by atoms with van der Waals surface area (Å²) in [5.41, 5.74) is 0. The predicted molar refractivity (Wildman–Crippen MR) is 74.5 cm³/mol. The molecule has 0 saturated heterocycles. The van der Waals surface area contributed by atoms with Crippen molar-refractivity contribution in [3.05, 3.63) is 0 Å². The molecule has 0 radical (unpaired) electrons. The normalized spacial score (nSPS) is 2.29. The van der Waals surface area contributed by atoms with Crippen LogP contribution in [0.2, 0.25) is 0 Å². The molecule has 0 aliphatic rings. The van der Waals surface area contributed by atoms with E-state index in [0.717, 1.165) is 0 Å². The van der Waals surface area contributed by atoms with E-state index < -0.39 is 124 Å². The van der Waals surface area contributed by atoms with Gasteiger partial charge >= 0.3 is 339 Å². The van der Waals surface area contributed by atoms with Crippen molar-refractivity contribution in [1.29, 1.82) is 0 Å². The Hall–Kier alpha value is 6.10. The van der Waals surface area contributed by atoms with Gasteiger partial charge in [0.1, 0.15) is 0 Å². The summed E-state index contributed by atoms with van der Waals surface area (Å²) in [4.78, 5) is 0. The maximum atomic E-state index is 8.46. The van der Waals surface area contributed by atoms with E-state index in [2.05, 4.69) is 0 Å². The Kier molecular flexibility index (Phi) is 469. The zero-order chi connectivity index (χ0) is 21.7. The van der Waals surface area contributed by atoms with Crippen LogP contribution in [0.1, 0.15) is 0 Å². The van der Waals surface area contributed by atoms with Gasteiger partial charge in [0.25, 0.3) is 0 Å². The average Bonchev–Trinajstić information content (AvgIpc) is 2.45. The second-order valence-electron chi connectivity index (χ2n) is 0.770.